The standard InChI is InChI=1S/C66H59B2N5O2/c1-40(2)69(44-22-12-9-13-23-44)47-32-59-65-63(34-47)74-61-38-57-49(36-53(61)67(65)51-28-18-20-30-55(51)71(59)42(5)6)50-37-54-62(39-58(50)73(57)46-26-16-11-17-27-46)75-64-35-48(70(41(3)4)45-24-14-10-15-25-45)33-60-66(64)68(54)52-29-19-21-31-56(52)72(60)43(7)8/h9-43H,1-8H3. The second-order valence-corrected chi connectivity index (χ2v) is 22.0. The van der Waals surface area contributed by atoms with Crippen molar-refractivity contribution in [3.8, 4) is 28.7 Å². The summed E-state index contributed by atoms with van der Waals surface area (Å²) in [4.78, 5) is 9.91. The smallest absolute Gasteiger partial charge is 0.256 e. The van der Waals surface area contributed by atoms with Crippen molar-refractivity contribution >= 4 is 114 Å². The van der Waals surface area contributed by atoms with Gasteiger partial charge in [-0.3, -0.25) is 0 Å². The summed E-state index contributed by atoms with van der Waals surface area (Å²) in [7, 11) is 0. The number of aromatic nitrogens is 1. The van der Waals surface area contributed by atoms with Crippen LogP contribution in [0.2, 0.25) is 0 Å². The molecule has 7 nitrogen and oxygen atoms in total. The van der Waals surface area contributed by atoms with Gasteiger partial charge in [0.1, 0.15) is 23.0 Å². The van der Waals surface area contributed by atoms with Gasteiger partial charge in [0, 0.05) is 110 Å². The first-order valence-corrected chi connectivity index (χ1v) is 26.9. The van der Waals surface area contributed by atoms with Crippen LogP contribution in [0.1, 0.15) is 55.4 Å². The van der Waals surface area contributed by atoms with E-state index in [-0.39, 0.29) is 37.6 Å². The fourth-order valence-electron chi connectivity index (χ4n) is 13.3. The molecule has 0 N–H and O–H groups in total. The van der Waals surface area contributed by atoms with Gasteiger partial charge in [-0.15, -0.1) is 0 Å². The normalized spacial score (nSPS) is 13.7. The van der Waals surface area contributed by atoms with E-state index < -0.39 is 0 Å². The van der Waals surface area contributed by atoms with Crippen LogP contribution in [0.25, 0.3) is 27.5 Å². The van der Waals surface area contributed by atoms with Gasteiger partial charge in [-0.1, -0.05) is 103 Å². The molecule has 10 aromatic rings. The maximum absolute atomic E-state index is 7.41. The molecule has 0 spiro atoms. The van der Waals surface area contributed by atoms with Crippen molar-refractivity contribution in [3.05, 3.63) is 188 Å². The molecule has 366 valence electrons. The second kappa shape index (κ2) is 17.1. The van der Waals surface area contributed by atoms with E-state index in [1.54, 1.807) is 0 Å². The van der Waals surface area contributed by atoms with Crippen LogP contribution >= 0.6 is 0 Å². The molecule has 9 heteroatoms. The molecule has 0 saturated heterocycles. The third-order valence-electron chi connectivity index (χ3n) is 16.1. The number of rotatable bonds is 9. The molecule has 4 aliphatic rings. The van der Waals surface area contributed by atoms with E-state index in [0.717, 1.165) is 62.5 Å². The summed E-state index contributed by atoms with van der Waals surface area (Å²) in [6.45, 7) is 18.2. The highest BCUT2D eigenvalue weighted by Gasteiger charge is 2.45. The Morgan fingerprint density at radius 2 is 0.747 bits per heavy atom. The van der Waals surface area contributed by atoms with E-state index >= 15 is 0 Å². The van der Waals surface area contributed by atoms with Gasteiger partial charge in [0.25, 0.3) is 13.4 Å². The molecule has 0 atom stereocenters. The first-order chi connectivity index (χ1) is 36.5. The fraction of sp³-hybridized carbons (Fsp3) is 0.182. The summed E-state index contributed by atoms with van der Waals surface area (Å²) in [5.74, 6) is 3.55. The summed E-state index contributed by atoms with van der Waals surface area (Å²) in [6, 6.07) is 70.1. The SMILES string of the molecule is CC(C)N(c1ccccc1)c1cc2c3c(c1)N(C(C)C)c1ccccc1B3c1cc3c4cc5c(cc4n(-c4ccccc4)c3cc1O2)Oc1cc(N(c2ccccc2)C(C)C)cc2c1B5c1ccccc1N2C(C)C. The number of nitrogens with zero attached hydrogens (tertiary/aromatic N) is 5. The zero-order valence-electron chi connectivity index (χ0n) is 43.9. The lowest BCUT2D eigenvalue weighted by Gasteiger charge is -2.43. The molecule has 14 rings (SSSR count). The van der Waals surface area contributed by atoms with E-state index in [2.05, 4.69) is 268 Å². The lowest BCUT2D eigenvalue weighted by Crippen LogP contribution is -2.61. The highest BCUT2D eigenvalue weighted by molar-refractivity contribution is 7.00. The van der Waals surface area contributed by atoms with Crippen molar-refractivity contribution < 1.29 is 9.47 Å². The predicted molar refractivity (Wildman–Crippen MR) is 318 cm³/mol. The Balaban J connectivity index is 1.02. The van der Waals surface area contributed by atoms with Gasteiger partial charge in [0.2, 0.25) is 0 Å². The lowest BCUT2D eigenvalue weighted by atomic mass is 9.34. The molecule has 0 unspecified atom stereocenters. The largest absolute Gasteiger partial charge is 0.458 e. The van der Waals surface area contributed by atoms with Crippen molar-refractivity contribution in [2.75, 3.05) is 19.6 Å². The summed E-state index contributed by atoms with van der Waals surface area (Å²) >= 11 is 0. The third-order valence-corrected chi connectivity index (χ3v) is 16.1. The van der Waals surface area contributed by atoms with Gasteiger partial charge in [0.15, 0.2) is 0 Å². The maximum Gasteiger partial charge on any atom is 0.256 e. The molecule has 0 amide bonds. The number of ether oxygens (including phenoxy) is 2. The average molecular weight is 976 g/mol. The van der Waals surface area contributed by atoms with Crippen LogP contribution in [0.15, 0.2) is 188 Å². The zero-order chi connectivity index (χ0) is 51.0. The molecule has 0 radical (unpaired) electrons. The van der Waals surface area contributed by atoms with Gasteiger partial charge in [-0.25, -0.2) is 0 Å². The number of hydrogen-bond acceptors (Lipinski definition) is 6. The summed E-state index contributed by atoms with van der Waals surface area (Å²) in [5.41, 5.74) is 20.0. The third kappa shape index (κ3) is 6.82. The van der Waals surface area contributed by atoms with Gasteiger partial charge >= 0.3 is 0 Å². The van der Waals surface area contributed by atoms with Gasteiger partial charge in [-0.2, -0.15) is 0 Å². The minimum atomic E-state index is -0.0547. The number of benzene rings is 9. The number of fused-ring (bicyclic) bond motifs is 11. The fourth-order valence-corrected chi connectivity index (χ4v) is 13.3. The van der Waals surface area contributed by atoms with E-state index in [4.69, 9.17) is 9.47 Å². The van der Waals surface area contributed by atoms with Crippen LogP contribution in [0.5, 0.6) is 23.0 Å². The van der Waals surface area contributed by atoms with Crippen LogP contribution in [0.3, 0.4) is 0 Å². The minimum Gasteiger partial charge on any atom is -0.458 e. The predicted octanol–water partition coefficient (Wildman–Crippen LogP) is 12.8. The quantitative estimate of drug-likeness (QED) is 0.134. The topological polar surface area (TPSA) is 36.4 Å². The number of anilines is 8. The van der Waals surface area contributed by atoms with E-state index in [1.807, 2.05) is 0 Å². The van der Waals surface area contributed by atoms with Gasteiger partial charge in [0.05, 0.1) is 11.0 Å². The molecule has 0 fully saturated rings. The molecular weight excluding hydrogens is 916 g/mol. The number of hydrogen-bond donors (Lipinski definition) is 0. The highest BCUT2D eigenvalue weighted by Crippen LogP contribution is 2.47. The average Bonchev–Trinajstić information content (AvgIpc) is 3.87. The Hall–Kier alpha value is -8.29. The van der Waals surface area contributed by atoms with Crippen molar-refractivity contribution in [3.63, 3.8) is 0 Å². The maximum atomic E-state index is 7.41. The van der Waals surface area contributed by atoms with E-state index in [1.165, 1.54) is 66.3 Å². The Bertz CT molecular complexity index is 3680. The summed E-state index contributed by atoms with van der Waals surface area (Å²) in [5, 5.41) is 2.37. The molecule has 75 heavy (non-hydrogen) atoms. The molecular formula is C66H59B2N5O2. The zero-order valence-corrected chi connectivity index (χ0v) is 43.9. The van der Waals surface area contributed by atoms with E-state index in [9.17, 15) is 0 Å². The molecule has 1 aromatic heterocycles. The number of para-hydroxylation sites is 5. The van der Waals surface area contributed by atoms with Gasteiger partial charge in [-0.05, 0) is 149 Å². The van der Waals surface area contributed by atoms with Crippen molar-refractivity contribution in [2.24, 2.45) is 0 Å². The van der Waals surface area contributed by atoms with Crippen molar-refractivity contribution in [1.29, 1.82) is 0 Å². The molecule has 0 bridgehead atoms. The molecule has 9 aromatic carbocycles. The Labute approximate surface area is 441 Å². The van der Waals surface area contributed by atoms with Crippen LogP contribution in [-0.2, 0) is 0 Å². The van der Waals surface area contributed by atoms with Crippen LogP contribution in [-0.4, -0.2) is 42.2 Å². The lowest BCUT2D eigenvalue weighted by molar-refractivity contribution is 0.487. The Morgan fingerprint density at radius 3 is 1.15 bits per heavy atom. The molecule has 0 aliphatic carbocycles. The Kier molecular flexibility index (Phi) is 10.4. The Morgan fingerprint density at radius 1 is 0.360 bits per heavy atom. The highest BCUT2D eigenvalue weighted by atomic mass is 16.5. The van der Waals surface area contributed by atoms with Crippen LogP contribution < -0.4 is 61.9 Å². The van der Waals surface area contributed by atoms with Crippen molar-refractivity contribution in [2.45, 2.75) is 79.6 Å². The first kappa shape index (κ1) is 45.3. The van der Waals surface area contributed by atoms with Crippen LogP contribution in [0, 0.1) is 0 Å². The van der Waals surface area contributed by atoms with E-state index in [0.29, 0.717) is 0 Å². The minimum absolute atomic E-state index is 0.0547. The first-order valence-electron chi connectivity index (χ1n) is 26.9. The molecule has 4 aliphatic heterocycles. The monoisotopic (exact) mass is 975 g/mol. The van der Waals surface area contributed by atoms with Crippen molar-refractivity contribution in [1.82, 2.24) is 4.57 Å². The summed E-state index contributed by atoms with van der Waals surface area (Å²) < 4.78 is 17.2. The van der Waals surface area contributed by atoms with Crippen LogP contribution in [0.4, 0.5) is 45.5 Å². The molecule has 5 heterocycles. The second-order valence-electron chi connectivity index (χ2n) is 22.0. The molecule has 0 saturated carbocycles. The van der Waals surface area contributed by atoms with Gasteiger partial charge < -0.3 is 33.6 Å². The summed E-state index contributed by atoms with van der Waals surface area (Å²) in [6.07, 6.45) is 0.